The number of carboxylic acids is 1. The molecule has 0 radical (unpaired) electrons. The normalized spacial score (nSPS) is 16.4. The second kappa shape index (κ2) is 7.29. The molecule has 0 aliphatic carbocycles. The monoisotopic (exact) mass is 261 g/mol. The molecule has 1 aliphatic heterocycles. The number of hydrogen-bond acceptors (Lipinski definition) is 2. The predicted octanol–water partition coefficient (Wildman–Crippen LogP) is 3.08. The maximum Gasteiger partial charge on any atom is 0.303 e. The van der Waals surface area contributed by atoms with E-state index in [2.05, 4.69) is 29.2 Å². The van der Waals surface area contributed by atoms with Crippen LogP contribution in [-0.2, 0) is 17.8 Å². The number of carboxylic acid groups (broad SMARTS) is 1. The van der Waals surface area contributed by atoms with E-state index < -0.39 is 5.97 Å². The summed E-state index contributed by atoms with van der Waals surface area (Å²) in [5.74, 6) is -0.700. The maximum absolute atomic E-state index is 10.6. The molecule has 1 fully saturated rings. The number of rotatable bonds is 6. The number of nitrogens with zero attached hydrogens (tertiary/aromatic N) is 1. The highest BCUT2D eigenvalue weighted by Gasteiger charge is 2.12. The molecule has 0 saturated carbocycles. The van der Waals surface area contributed by atoms with Gasteiger partial charge in [0.1, 0.15) is 0 Å². The fourth-order valence-electron chi connectivity index (χ4n) is 2.74. The van der Waals surface area contributed by atoms with Gasteiger partial charge in [-0.05, 0) is 49.9 Å². The summed E-state index contributed by atoms with van der Waals surface area (Å²) in [6.45, 7) is 3.41. The van der Waals surface area contributed by atoms with Gasteiger partial charge in [-0.3, -0.25) is 9.69 Å². The molecule has 0 unspecified atom stereocenters. The lowest BCUT2D eigenvalue weighted by molar-refractivity contribution is -0.137. The molecule has 1 aromatic carbocycles. The molecule has 19 heavy (non-hydrogen) atoms. The highest BCUT2D eigenvalue weighted by atomic mass is 16.4. The van der Waals surface area contributed by atoms with E-state index in [0.717, 1.165) is 19.4 Å². The van der Waals surface area contributed by atoms with E-state index in [0.29, 0.717) is 0 Å². The SMILES string of the molecule is O=C(O)CCCc1ccccc1CN1CCCCC1. The fraction of sp³-hybridized carbons (Fsp3) is 0.562. The summed E-state index contributed by atoms with van der Waals surface area (Å²) in [5.41, 5.74) is 2.68. The number of likely N-dealkylation sites (tertiary alicyclic amines) is 1. The average Bonchev–Trinajstić information content (AvgIpc) is 2.41. The molecular formula is C16H23NO2. The molecule has 1 N–H and O–H groups in total. The Labute approximate surface area is 115 Å². The van der Waals surface area contributed by atoms with Crippen molar-refractivity contribution in [2.75, 3.05) is 13.1 Å². The average molecular weight is 261 g/mol. The summed E-state index contributed by atoms with van der Waals surface area (Å²) in [7, 11) is 0. The molecule has 104 valence electrons. The van der Waals surface area contributed by atoms with Crippen molar-refractivity contribution in [2.24, 2.45) is 0 Å². The third kappa shape index (κ3) is 4.67. The van der Waals surface area contributed by atoms with Crippen LogP contribution >= 0.6 is 0 Å². The Bertz CT molecular complexity index is 411. The Hall–Kier alpha value is -1.35. The molecule has 0 bridgehead atoms. The Kier molecular flexibility index (Phi) is 5.40. The highest BCUT2D eigenvalue weighted by molar-refractivity contribution is 5.66. The minimum atomic E-state index is -0.700. The van der Waals surface area contributed by atoms with Crippen LogP contribution < -0.4 is 0 Å². The van der Waals surface area contributed by atoms with Crippen LogP contribution in [0.4, 0.5) is 0 Å². The van der Waals surface area contributed by atoms with Crippen molar-refractivity contribution in [2.45, 2.75) is 45.1 Å². The molecule has 0 spiro atoms. The lowest BCUT2D eigenvalue weighted by Gasteiger charge is -2.27. The summed E-state index contributed by atoms with van der Waals surface area (Å²) in [5, 5.41) is 8.71. The highest BCUT2D eigenvalue weighted by Crippen LogP contribution is 2.17. The zero-order chi connectivity index (χ0) is 13.5. The first-order chi connectivity index (χ1) is 9.25. The van der Waals surface area contributed by atoms with Gasteiger partial charge in [0.2, 0.25) is 0 Å². The molecule has 0 amide bonds. The van der Waals surface area contributed by atoms with Crippen molar-refractivity contribution in [1.29, 1.82) is 0 Å². The number of aryl methyl sites for hydroxylation is 1. The van der Waals surface area contributed by atoms with Crippen molar-refractivity contribution in [3.05, 3.63) is 35.4 Å². The number of hydrogen-bond donors (Lipinski definition) is 1. The first-order valence-electron chi connectivity index (χ1n) is 7.26. The van der Waals surface area contributed by atoms with E-state index in [4.69, 9.17) is 5.11 Å². The Morgan fingerprint density at radius 3 is 2.47 bits per heavy atom. The van der Waals surface area contributed by atoms with E-state index in [1.54, 1.807) is 0 Å². The molecule has 3 nitrogen and oxygen atoms in total. The van der Waals surface area contributed by atoms with Gasteiger partial charge in [0.25, 0.3) is 0 Å². The molecule has 1 aromatic rings. The first-order valence-corrected chi connectivity index (χ1v) is 7.26. The Morgan fingerprint density at radius 1 is 1.11 bits per heavy atom. The van der Waals surface area contributed by atoms with Gasteiger partial charge in [0.05, 0.1) is 0 Å². The standard InChI is InChI=1S/C16H23NO2/c18-16(19)10-6-9-14-7-2-3-8-15(14)13-17-11-4-1-5-12-17/h2-3,7-8H,1,4-6,9-13H2,(H,18,19). The molecule has 3 heteroatoms. The van der Waals surface area contributed by atoms with Crippen LogP contribution in [0.15, 0.2) is 24.3 Å². The number of aliphatic carboxylic acids is 1. The zero-order valence-electron chi connectivity index (χ0n) is 11.5. The van der Waals surface area contributed by atoms with Crippen LogP contribution in [0.5, 0.6) is 0 Å². The smallest absolute Gasteiger partial charge is 0.303 e. The van der Waals surface area contributed by atoms with Crippen molar-refractivity contribution in [1.82, 2.24) is 4.90 Å². The molecule has 1 heterocycles. The molecule has 2 rings (SSSR count). The third-order valence-electron chi connectivity index (χ3n) is 3.80. The van der Waals surface area contributed by atoms with Gasteiger partial charge in [0.15, 0.2) is 0 Å². The van der Waals surface area contributed by atoms with Gasteiger partial charge in [-0.25, -0.2) is 0 Å². The Morgan fingerprint density at radius 2 is 1.79 bits per heavy atom. The van der Waals surface area contributed by atoms with E-state index in [1.165, 1.54) is 43.5 Å². The summed E-state index contributed by atoms with van der Waals surface area (Å²) < 4.78 is 0. The quantitative estimate of drug-likeness (QED) is 0.855. The summed E-state index contributed by atoms with van der Waals surface area (Å²) >= 11 is 0. The molecule has 0 atom stereocenters. The van der Waals surface area contributed by atoms with E-state index in [1.807, 2.05) is 0 Å². The van der Waals surface area contributed by atoms with Crippen molar-refractivity contribution in [3.8, 4) is 0 Å². The largest absolute Gasteiger partial charge is 0.481 e. The van der Waals surface area contributed by atoms with Crippen molar-refractivity contribution in [3.63, 3.8) is 0 Å². The maximum atomic E-state index is 10.6. The number of benzene rings is 1. The van der Waals surface area contributed by atoms with E-state index >= 15 is 0 Å². The van der Waals surface area contributed by atoms with Crippen LogP contribution in [0.3, 0.4) is 0 Å². The van der Waals surface area contributed by atoms with Gasteiger partial charge >= 0.3 is 5.97 Å². The lowest BCUT2D eigenvalue weighted by Crippen LogP contribution is -2.29. The summed E-state index contributed by atoms with van der Waals surface area (Å²) in [4.78, 5) is 13.1. The second-order valence-corrected chi connectivity index (χ2v) is 5.35. The molecular weight excluding hydrogens is 238 g/mol. The van der Waals surface area contributed by atoms with Gasteiger partial charge in [-0.15, -0.1) is 0 Å². The van der Waals surface area contributed by atoms with Crippen LogP contribution in [0.25, 0.3) is 0 Å². The van der Waals surface area contributed by atoms with Gasteiger partial charge < -0.3 is 5.11 Å². The van der Waals surface area contributed by atoms with Gasteiger partial charge in [-0.1, -0.05) is 30.7 Å². The molecule has 1 aliphatic rings. The fourth-order valence-corrected chi connectivity index (χ4v) is 2.74. The zero-order valence-corrected chi connectivity index (χ0v) is 11.5. The Balaban J connectivity index is 1.93. The van der Waals surface area contributed by atoms with Crippen LogP contribution in [-0.4, -0.2) is 29.1 Å². The second-order valence-electron chi connectivity index (χ2n) is 5.35. The molecule has 1 saturated heterocycles. The van der Waals surface area contributed by atoms with Crippen molar-refractivity contribution >= 4 is 5.97 Å². The lowest BCUT2D eigenvalue weighted by atomic mass is 10.0. The topological polar surface area (TPSA) is 40.5 Å². The first kappa shape index (κ1) is 14.1. The van der Waals surface area contributed by atoms with Gasteiger partial charge in [-0.2, -0.15) is 0 Å². The minimum absolute atomic E-state index is 0.262. The van der Waals surface area contributed by atoms with E-state index in [9.17, 15) is 4.79 Å². The predicted molar refractivity (Wildman–Crippen MR) is 76.1 cm³/mol. The minimum Gasteiger partial charge on any atom is -0.481 e. The number of carbonyl (C=O) groups is 1. The summed E-state index contributed by atoms with van der Waals surface area (Å²) in [6, 6.07) is 8.46. The third-order valence-corrected chi connectivity index (χ3v) is 3.80. The van der Waals surface area contributed by atoms with Crippen molar-refractivity contribution < 1.29 is 9.90 Å². The van der Waals surface area contributed by atoms with Crippen LogP contribution in [0.2, 0.25) is 0 Å². The summed E-state index contributed by atoms with van der Waals surface area (Å²) in [6.07, 6.45) is 5.83. The van der Waals surface area contributed by atoms with Crippen LogP contribution in [0, 0.1) is 0 Å². The van der Waals surface area contributed by atoms with E-state index in [-0.39, 0.29) is 6.42 Å². The number of piperidine rings is 1. The molecule has 0 aromatic heterocycles. The van der Waals surface area contributed by atoms with Gasteiger partial charge in [0, 0.05) is 13.0 Å². The van der Waals surface area contributed by atoms with Crippen LogP contribution in [0.1, 0.15) is 43.2 Å².